The SMILES string of the molecule is O=[N+]([O-])c1ccc(/C=C/CCCl)cc1. The first-order valence-electron chi connectivity index (χ1n) is 4.21. The molecule has 0 unspecified atom stereocenters. The average Bonchev–Trinajstić information content (AvgIpc) is 2.19. The highest BCUT2D eigenvalue weighted by atomic mass is 35.5. The number of nitro benzene ring substituents is 1. The van der Waals surface area contributed by atoms with Crippen molar-refractivity contribution in [1.82, 2.24) is 0 Å². The first-order chi connectivity index (χ1) is 6.74. The minimum atomic E-state index is -0.410. The number of benzene rings is 1. The monoisotopic (exact) mass is 211 g/mol. The summed E-state index contributed by atoms with van der Waals surface area (Å²) in [6, 6.07) is 6.40. The first-order valence-corrected chi connectivity index (χ1v) is 4.74. The molecule has 0 atom stereocenters. The average molecular weight is 212 g/mol. The minimum absolute atomic E-state index is 0.111. The van der Waals surface area contributed by atoms with E-state index in [-0.39, 0.29) is 5.69 Å². The maximum Gasteiger partial charge on any atom is 0.269 e. The fraction of sp³-hybridized carbons (Fsp3) is 0.200. The lowest BCUT2D eigenvalue weighted by Crippen LogP contribution is -1.86. The van der Waals surface area contributed by atoms with Crippen molar-refractivity contribution in [3.05, 3.63) is 46.0 Å². The molecule has 3 nitrogen and oxygen atoms in total. The van der Waals surface area contributed by atoms with E-state index in [2.05, 4.69) is 0 Å². The van der Waals surface area contributed by atoms with Gasteiger partial charge in [0.05, 0.1) is 4.92 Å². The molecule has 0 radical (unpaired) electrons. The van der Waals surface area contributed by atoms with E-state index < -0.39 is 4.92 Å². The molecule has 4 heteroatoms. The lowest BCUT2D eigenvalue weighted by Gasteiger charge is -1.93. The third-order valence-corrected chi connectivity index (χ3v) is 1.91. The zero-order chi connectivity index (χ0) is 10.4. The molecule has 0 aliphatic carbocycles. The molecule has 0 aliphatic heterocycles. The van der Waals surface area contributed by atoms with E-state index in [4.69, 9.17) is 11.6 Å². The van der Waals surface area contributed by atoms with Gasteiger partial charge in [-0.2, -0.15) is 0 Å². The predicted octanol–water partition coefficient (Wildman–Crippen LogP) is 3.24. The number of nitrogens with zero attached hydrogens (tertiary/aromatic N) is 1. The summed E-state index contributed by atoms with van der Waals surface area (Å²) in [5, 5.41) is 10.3. The molecule has 1 aromatic carbocycles. The van der Waals surface area contributed by atoms with Gasteiger partial charge in [0, 0.05) is 18.0 Å². The summed E-state index contributed by atoms with van der Waals surface area (Å²) in [6.07, 6.45) is 4.64. The Morgan fingerprint density at radius 3 is 2.50 bits per heavy atom. The van der Waals surface area contributed by atoms with Gasteiger partial charge in [-0.15, -0.1) is 11.6 Å². The number of halogens is 1. The van der Waals surface area contributed by atoms with E-state index in [0.717, 1.165) is 12.0 Å². The molecule has 1 rings (SSSR count). The van der Waals surface area contributed by atoms with Gasteiger partial charge in [-0.05, 0) is 24.1 Å². The summed E-state index contributed by atoms with van der Waals surface area (Å²) in [4.78, 5) is 9.93. The van der Waals surface area contributed by atoms with Crippen LogP contribution < -0.4 is 0 Å². The minimum Gasteiger partial charge on any atom is -0.258 e. The fourth-order valence-corrected chi connectivity index (χ4v) is 1.12. The third-order valence-electron chi connectivity index (χ3n) is 1.69. The Kier molecular flexibility index (Phi) is 4.13. The summed E-state index contributed by atoms with van der Waals surface area (Å²) in [5.74, 6) is 0.587. The van der Waals surface area contributed by atoms with Gasteiger partial charge in [0.25, 0.3) is 5.69 Å². The molecule has 0 heterocycles. The van der Waals surface area contributed by atoms with E-state index in [1.54, 1.807) is 12.1 Å². The molecular weight excluding hydrogens is 202 g/mol. The topological polar surface area (TPSA) is 43.1 Å². The van der Waals surface area contributed by atoms with E-state index in [1.165, 1.54) is 12.1 Å². The molecule has 0 saturated heterocycles. The van der Waals surface area contributed by atoms with Crippen molar-refractivity contribution in [3.63, 3.8) is 0 Å². The highest BCUT2D eigenvalue weighted by molar-refractivity contribution is 6.17. The molecular formula is C10H10ClNO2. The normalized spacial score (nSPS) is 10.6. The standard InChI is InChI=1S/C10H10ClNO2/c11-8-2-1-3-9-4-6-10(7-5-9)12(13)14/h1,3-7H,2,8H2/b3-1+. The number of alkyl halides is 1. The molecule has 14 heavy (non-hydrogen) atoms. The maximum atomic E-state index is 10.3. The van der Waals surface area contributed by atoms with Crippen LogP contribution in [0.4, 0.5) is 5.69 Å². The Labute approximate surface area is 87.2 Å². The second kappa shape index (κ2) is 5.40. The second-order valence-electron chi connectivity index (χ2n) is 2.73. The maximum absolute atomic E-state index is 10.3. The Bertz CT molecular complexity index is 332. The molecule has 0 amide bonds. The van der Waals surface area contributed by atoms with Gasteiger partial charge in [0.1, 0.15) is 0 Å². The van der Waals surface area contributed by atoms with Crippen LogP contribution in [0.2, 0.25) is 0 Å². The number of allylic oxidation sites excluding steroid dienone is 1. The molecule has 0 aromatic heterocycles. The highest BCUT2D eigenvalue weighted by Crippen LogP contribution is 2.12. The first kappa shape index (κ1) is 10.7. The second-order valence-corrected chi connectivity index (χ2v) is 3.11. The molecule has 0 saturated carbocycles. The van der Waals surface area contributed by atoms with Gasteiger partial charge in [-0.3, -0.25) is 10.1 Å². The van der Waals surface area contributed by atoms with E-state index in [0.29, 0.717) is 5.88 Å². The number of hydrogen-bond acceptors (Lipinski definition) is 2. The van der Waals surface area contributed by atoms with Crippen LogP contribution in [0, 0.1) is 10.1 Å². The Morgan fingerprint density at radius 2 is 2.00 bits per heavy atom. The van der Waals surface area contributed by atoms with Gasteiger partial charge < -0.3 is 0 Å². The van der Waals surface area contributed by atoms with Crippen molar-refractivity contribution in [2.75, 3.05) is 5.88 Å². The van der Waals surface area contributed by atoms with Crippen molar-refractivity contribution in [1.29, 1.82) is 0 Å². The van der Waals surface area contributed by atoms with Crippen molar-refractivity contribution < 1.29 is 4.92 Å². The van der Waals surface area contributed by atoms with E-state index in [1.807, 2.05) is 12.2 Å². The third kappa shape index (κ3) is 3.18. The number of rotatable bonds is 4. The van der Waals surface area contributed by atoms with Crippen LogP contribution in [-0.2, 0) is 0 Å². The largest absolute Gasteiger partial charge is 0.269 e. The smallest absolute Gasteiger partial charge is 0.258 e. The molecule has 74 valence electrons. The Balaban J connectivity index is 2.68. The van der Waals surface area contributed by atoms with Crippen molar-refractivity contribution in [3.8, 4) is 0 Å². The molecule has 0 N–H and O–H groups in total. The summed E-state index contributed by atoms with van der Waals surface area (Å²) < 4.78 is 0. The van der Waals surface area contributed by atoms with Gasteiger partial charge in [0.2, 0.25) is 0 Å². The van der Waals surface area contributed by atoms with E-state index >= 15 is 0 Å². The molecule has 0 fully saturated rings. The molecule has 0 aliphatic rings. The number of nitro groups is 1. The fourth-order valence-electron chi connectivity index (χ4n) is 0.990. The summed E-state index contributed by atoms with van der Waals surface area (Å²) in [7, 11) is 0. The van der Waals surface area contributed by atoms with Crippen LogP contribution in [0.1, 0.15) is 12.0 Å². The number of hydrogen-bond donors (Lipinski definition) is 0. The van der Waals surface area contributed by atoms with Gasteiger partial charge in [-0.1, -0.05) is 12.2 Å². The van der Waals surface area contributed by atoms with Crippen LogP contribution in [-0.4, -0.2) is 10.8 Å². The highest BCUT2D eigenvalue weighted by Gasteiger charge is 2.01. The van der Waals surface area contributed by atoms with E-state index in [9.17, 15) is 10.1 Å². The van der Waals surface area contributed by atoms with Gasteiger partial charge >= 0.3 is 0 Å². The Morgan fingerprint density at radius 1 is 1.36 bits per heavy atom. The molecule has 0 bridgehead atoms. The van der Waals surface area contributed by atoms with Crippen molar-refractivity contribution in [2.24, 2.45) is 0 Å². The zero-order valence-corrected chi connectivity index (χ0v) is 8.28. The molecule has 1 aromatic rings. The summed E-state index contributed by atoms with van der Waals surface area (Å²) in [6.45, 7) is 0. The zero-order valence-electron chi connectivity index (χ0n) is 7.52. The molecule has 0 spiro atoms. The summed E-state index contributed by atoms with van der Waals surface area (Å²) in [5.41, 5.74) is 1.06. The van der Waals surface area contributed by atoms with Gasteiger partial charge in [-0.25, -0.2) is 0 Å². The van der Waals surface area contributed by atoms with Crippen LogP contribution in [0.3, 0.4) is 0 Å². The van der Waals surface area contributed by atoms with Crippen LogP contribution in [0.25, 0.3) is 6.08 Å². The predicted molar refractivity (Wildman–Crippen MR) is 57.5 cm³/mol. The summed E-state index contributed by atoms with van der Waals surface area (Å²) >= 11 is 5.49. The van der Waals surface area contributed by atoms with Crippen LogP contribution in [0.15, 0.2) is 30.3 Å². The lowest BCUT2D eigenvalue weighted by atomic mass is 10.2. The lowest BCUT2D eigenvalue weighted by molar-refractivity contribution is -0.384. The number of non-ortho nitro benzene ring substituents is 1. The Hall–Kier alpha value is -1.35. The van der Waals surface area contributed by atoms with Crippen molar-refractivity contribution in [2.45, 2.75) is 6.42 Å². The quantitative estimate of drug-likeness (QED) is 0.436. The van der Waals surface area contributed by atoms with Crippen LogP contribution >= 0.6 is 11.6 Å². The van der Waals surface area contributed by atoms with Gasteiger partial charge in [0.15, 0.2) is 0 Å². The van der Waals surface area contributed by atoms with Crippen molar-refractivity contribution >= 4 is 23.4 Å². The van der Waals surface area contributed by atoms with Crippen LogP contribution in [0.5, 0.6) is 0 Å².